The molecule has 0 aromatic carbocycles. The van der Waals surface area contributed by atoms with E-state index in [1.165, 1.54) is 0 Å². The van der Waals surface area contributed by atoms with Crippen LogP contribution in [0.15, 0.2) is 0 Å². The van der Waals surface area contributed by atoms with Crippen LogP contribution < -0.4 is 5.32 Å². The third-order valence-electron chi connectivity index (χ3n) is 4.02. The first kappa shape index (κ1) is 14.6. The molecule has 0 bridgehead atoms. The van der Waals surface area contributed by atoms with Crippen molar-refractivity contribution in [2.45, 2.75) is 44.7 Å². The maximum Gasteiger partial charge on any atom is 0.317 e. The fraction of sp³-hybridized carbons (Fsp3) is 0.769. The summed E-state index contributed by atoms with van der Waals surface area (Å²) in [6.07, 6.45) is 1.88. The minimum atomic E-state index is -0.914. The molecule has 2 atom stereocenters. The largest absolute Gasteiger partial charge is 0.481 e. The van der Waals surface area contributed by atoms with Gasteiger partial charge in [-0.05, 0) is 12.8 Å². The Morgan fingerprint density at radius 1 is 1.45 bits per heavy atom. The predicted octanol–water partition coefficient (Wildman–Crippen LogP) is 0.256. The van der Waals surface area contributed by atoms with Crippen LogP contribution >= 0.6 is 0 Å². The standard InChI is InChI=1S/C13H21N3O4/c1-2-9(7-12(18)19)14-13(20)15-5-6-16-10(8-15)3-4-11(16)17/h9-10H,2-8H2,1H3,(H,14,20)(H,18,19). The zero-order chi connectivity index (χ0) is 14.7. The van der Waals surface area contributed by atoms with Gasteiger partial charge < -0.3 is 20.2 Å². The van der Waals surface area contributed by atoms with Crippen molar-refractivity contribution in [2.75, 3.05) is 19.6 Å². The second-order valence-electron chi connectivity index (χ2n) is 5.38. The molecule has 2 unspecified atom stereocenters. The highest BCUT2D eigenvalue weighted by atomic mass is 16.4. The van der Waals surface area contributed by atoms with Gasteiger partial charge in [-0.15, -0.1) is 0 Å². The van der Waals surface area contributed by atoms with Gasteiger partial charge in [0, 0.05) is 38.1 Å². The number of hydrogen-bond acceptors (Lipinski definition) is 3. The van der Waals surface area contributed by atoms with Crippen molar-refractivity contribution >= 4 is 17.9 Å². The van der Waals surface area contributed by atoms with Crippen molar-refractivity contribution in [3.8, 4) is 0 Å². The van der Waals surface area contributed by atoms with Gasteiger partial charge >= 0.3 is 12.0 Å². The Bertz CT molecular complexity index is 412. The van der Waals surface area contributed by atoms with Crippen molar-refractivity contribution < 1.29 is 19.5 Å². The van der Waals surface area contributed by atoms with Gasteiger partial charge in [-0.3, -0.25) is 9.59 Å². The molecule has 2 saturated heterocycles. The smallest absolute Gasteiger partial charge is 0.317 e. The Labute approximate surface area is 117 Å². The van der Waals surface area contributed by atoms with Crippen LogP contribution in [-0.2, 0) is 9.59 Å². The van der Waals surface area contributed by atoms with Crippen molar-refractivity contribution in [2.24, 2.45) is 0 Å². The van der Waals surface area contributed by atoms with E-state index in [9.17, 15) is 14.4 Å². The lowest BCUT2D eigenvalue weighted by molar-refractivity contribution is -0.137. The normalized spacial score (nSPS) is 23.4. The maximum atomic E-state index is 12.1. The molecule has 7 heteroatoms. The fourth-order valence-electron chi connectivity index (χ4n) is 2.82. The number of carboxylic acid groups (broad SMARTS) is 1. The van der Waals surface area contributed by atoms with E-state index in [-0.39, 0.29) is 30.4 Å². The van der Waals surface area contributed by atoms with E-state index >= 15 is 0 Å². The molecule has 2 heterocycles. The van der Waals surface area contributed by atoms with Gasteiger partial charge in [0.2, 0.25) is 5.91 Å². The van der Waals surface area contributed by atoms with E-state index in [0.717, 1.165) is 6.42 Å². The van der Waals surface area contributed by atoms with Crippen LogP contribution in [0.25, 0.3) is 0 Å². The van der Waals surface area contributed by atoms with Crippen molar-refractivity contribution in [3.63, 3.8) is 0 Å². The summed E-state index contributed by atoms with van der Waals surface area (Å²) in [6.45, 7) is 3.48. The molecule has 0 radical (unpaired) electrons. The Balaban J connectivity index is 1.87. The van der Waals surface area contributed by atoms with Crippen LogP contribution in [0.2, 0.25) is 0 Å². The summed E-state index contributed by atoms with van der Waals surface area (Å²) in [6, 6.07) is -0.443. The number of piperazine rings is 1. The molecule has 0 aliphatic carbocycles. The molecule has 20 heavy (non-hydrogen) atoms. The van der Waals surface area contributed by atoms with Crippen LogP contribution in [0.1, 0.15) is 32.6 Å². The van der Waals surface area contributed by atoms with Gasteiger partial charge in [-0.25, -0.2) is 4.79 Å². The third-order valence-corrected chi connectivity index (χ3v) is 4.02. The monoisotopic (exact) mass is 283 g/mol. The molecule has 0 spiro atoms. The molecule has 2 aliphatic heterocycles. The van der Waals surface area contributed by atoms with Gasteiger partial charge in [-0.2, -0.15) is 0 Å². The summed E-state index contributed by atoms with van der Waals surface area (Å²) in [5.74, 6) is -0.740. The first-order valence-electron chi connectivity index (χ1n) is 7.08. The first-order chi connectivity index (χ1) is 9.51. The fourth-order valence-corrected chi connectivity index (χ4v) is 2.82. The lowest BCUT2D eigenvalue weighted by Crippen LogP contribution is -2.56. The lowest BCUT2D eigenvalue weighted by Gasteiger charge is -2.38. The number of aliphatic carboxylic acids is 1. The summed E-state index contributed by atoms with van der Waals surface area (Å²) in [5.41, 5.74) is 0. The Kier molecular flexibility index (Phi) is 4.46. The number of carboxylic acids is 1. The Morgan fingerprint density at radius 2 is 2.20 bits per heavy atom. The number of nitrogens with zero attached hydrogens (tertiary/aromatic N) is 2. The number of carbonyl (C=O) groups excluding carboxylic acids is 2. The number of amides is 3. The maximum absolute atomic E-state index is 12.1. The zero-order valence-electron chi connectivity index (χ0n) is 11.7. The second-order valence-corrected chi connectivity index (χ2v) is 5.38. The quantitative estimate of drug-likeness (QED) is 0.774. The number of urea groups is 1. The number of carbonyl (C=O) groups is 3. The van der Waals surface area contributed by atoms with Crippen molar-refractivity contribution in [3.05, 3.63) is 0 Å². The molecule has 2 N–H and O–H groups in total. The highest BCUT2D eigenvalue weighted by Gasteiger charge is 2.37. The lowest BCUT2D eigenvalue weighted by atomic mass is 10.1. The van der Waals surface area contributed by atoms with E-state index in [4.69, 9.17) is 5.11 Å². The van der Waals surface area contributed by atoms with E-state index in [2.05, 4.69) is 5.32 Å². The van der Waals surface area contributed by atoms with Crippen LogP contribution in [0.5, 0.6) is 0 Å². The number of rotatable bonds is 4. The highest BCUT2D eigenvalue weighted by molar-refractivity contribution is 5.80. The minimum Gasteiger partial charge on any atom is -0.481 e. The molecule has 0 aromatic rings. The number of fused-ring (bicyclic) bond motifs is 1. The van der Waals surface area contributed by atoms with E-state index in [0.29, 0.717) is 32.5 Å². The third kappa shape index (κ3) is 3.20. The van der Waals surface area contributed by atoms with E-state index in [1.54, 1.807) is 4.90 Å². The Morgan fingerprint density at radius 3 is 2.85 bits per heavy atom. The van der Waals surface area contributed by atoms with Gasteiger partial charge in [0.25, 0.3) is 0 Å². The molecule has 2 aliphatic rings. The van der Waals surface area contributed by atoms with Gasteiger partial charge in [0.1, 0.15) is 0 Å². The van der Waals surface area contributed by atoms with E-state index in [1.807, 2.05) is 11.8 Å². The van der Waals surface area contributed by atoms with Crippen LogP contribution in [0.3, 0.4) is 0 Å². The first-order valence-corrected chi connectivity index (χ1v) is 7.08. The van der Waals surface area contributed by atoms with Crippen LogP contribution in [0, 0.1) is 0 Å². The van der Waals surface area contributed by atoms with E-state index < -0.39 is 5.97 Å². The Hall–Kier alpha value is -1.79. The molecule has 112 valence electrons. The summed E-state index contributed by atoms with van der Waals surface area (Å²) in [7, 11) is 0. The summed E-state index contributed by atoms with van der Waals surface area (Å²) in [5, 5.41) is 11.5. The second kappa shape index (κ2) is 6.11. The molecule has 2 rings (SSSR count). The van der Waals surface area contributed by atoms with Gasteiger partial charge in [-0.1, -0.05) is 6.92 Å². The van der Waals surface area contributed by atoms with Gasteiger partial charge in [0.15, 0.2) is 0 Å². The average molecular weight is 283 g/mol. The minimum absolute atomic E-state index is 0.0654. The predicted molar refractivity (Wildman–Crippen MR) is 71.2 cm³/mol. The number of nitrogens with one attached hydrogen (secondary N) is 1. The molecule has 0 saturated carbocycles. The molecular weight excluding hydrogens is 262 g/mol. The SMILES string of the molecule is CCC(CC(=O)O)NC(=O)N1CCN2C(=O)CCC2C1. The van der Waals surface area contributed by atoms with Crippen LogP contribution in [0.4, 0.5) is 4.79 Å². The zero-order valence-corrected chi connectivity index (χ0v) is 11.7. The average Bonchev–Trinajstić information content (AvgIpc) is 2.78. The molecule has 0 aromatic heterocycles. The summed E-state index contributed by atoms with van der Waals surface area (Å²) < 4.78 is 0. The van der Waals surface area contributed by atoms with Crippen molar-refractivity contribution in [1.29, 1.82) is 0 Å². The van der Waals surface area contributed by atoms with Gasteiger partial charge in [0.05, 0.1) is 6.42 Å². The molecule has 7 nitrogen and oxygen atoms in total. The topological polar surface area (TPSA) is 89.9 Å². The molecule has 2 fully saturated rings. The summed E-state index contributed by atoms with van der Waals surface area (Å²) >= 11 is 0. The molecular formula is C13H21N3O4. The highest BCUT2D eigenvalue weighted by Crippen LogP contribution is 2.22. The van der Waals surface area contributed by atoms with Crippen molar-refractivity contribution in [1.82, 2.24) is 15.1 Å². The molecule has 3 amide bonds. The number of hydrogen-bond donors (Lipinski definition) is 2. The van der Waals surface area contributed by atoms with Crippen LogP contribution in [-0.4, -0.2) is 64.5 Å². The summed E-state index contributed by atoms with van der Waals surface area (Å²) in [4.78, 5) is 37.9.